The predicted molar refractivity (Wildman–Crippen MR) is 115 cm³/mol. The van der Waals surface area contributed by atoms with Crippen molar-refractivity contribution in [2.45, 2.75) is 27.7 Å². The van der Waals surface area contributed by atoms with Crippen molar-refractivity contribution in [3.63, 3.8) is 0 Å². The number of hydrogen-bond acceptors (Lipinski definition) is 6. The van der Waals surface area contributed by atoms with Gasteiger partial charge >= 0.3 is 5.97 Å². The van der Waals surface area contributed by atoms with Gasteiger partial charge in [0.15, 0.2) is 0 Å². The third kappa shape index (κ3) is 5.83. The van der Waals surface area contributed by atoms with Crippen LogP contribution in [0.5, 0.6) is 0 Å². The Kier molecular flexibility index (Phi) is 7.90. The average molecular weight is 451 g/mol. The number of ether oxygens (including phenoxy) is 1. The average Bonchev–Trinajstić information content (AvgIpc) is 2.75. The maximum atomic E-state index is 13.2. The van der Waals surface area contributed by atoms with Crippen LogP contribution >= 0.6 is 11.8 Å². The lowest BCUT2D eigenvalue weighted by atomic mass is 10.3. The smallest absolute Gasteiger partial charge is 0.321 e. The van der Waals surface area contributed by atoms with E-state index in [1.807, 2.05) is 30.3 Å². The molecular formula is C21H26N2O5S2. The van der Waals surface area contributed by atoms with Gasteiger partial charge in [-0.05, 0) is 43.3 Å². The first-order valence-electron chi connectivity index (χ1n) is 9.75. The lowest BCUT2D eigenvalue weighted by Crippen LogP contribution is -2.48. The molecule has 0 unspecified atom stereocenters. The number of aliphatic carboxylic acids is 1. The molecule has 0 aromatic heterocycles. The molecule has 7 nitrogen and oxygen atoms in total. The molecule has 1 aliphatic rings. The first kappa shape index (κ1) is 22.8. The molecule has 0 radical (unpaired) electrons. The number of rotatable bonds is 9. The van der Waals surface area contributed by atoms with Crippen molar-refractivity contribution >= 4 is 27.8 Å². The third-order valence-electron chi connectivity index (χ3n) is 4.94. The lowest BCUT2D eigenvalue weighted by Gasteiger charge is -2.31. The summed E-state index contributed by atoms with van der Waals surface area (Å²) in [6.07, 6.45) is 0. The minimum atomic E-state index is -3.95. The van der Waals surface area contributed by atoms with Crippen LogP contribution in [0.4, 0.5) is 0 Å². The van der Waals surface area contributed by atoms with Crippen LogP contribution in [0.1, 0.15) is 6.92 Å². The number of carboxylic acid groups (broad SMARTS) is 1. The minimum absolute atomic E-state index is 0.0926. The molecule has 1 aliphatic heterocycles. The molecule has 1 fully saturated rings. The number of hydrogen-bond donors (Lipinski definition) is 1. The predicted octanol–water partition coefficient (Wildman–Crippen LogP) is 2.63. The van der Waals surface area contributed by atoms with Gasteiger partial charge in [-0.2, -0.15) is 4.31 Å². The molecule has 162 valence electrons. The summed E-state index contributed by atoms with van der Waals surface area (Å²) in [5.41, 5.74) is 0. The maximum absolute atomic E-state index is 13.2. The van der Waals surface area contributed by atoms with Crippen LogP contribution in [-0.2, 0) is 19.6 Å². The number of nitrogens with zero attached hydrogens (tertiary/aromatic N) is 2. The van der Waals surface area contributed by atoms with Crippen molar-refractivity contribution in [1.29, 1.82) is 0 Å². The lowest BCUT2D eigenvalue weighted by molar-refractivity contribution is -0.141. The quantitative estimate of drug-likeness (QED) is 0.628. The van der Waals surface area contributed by atoms with Crippen LogP contribution in [0, 0.1) is 0 Å². The summed E-state index contributed by atoms with van der Waals surface area (Å²) in [4.78, 5) is 15.7. The highest BCUT2D eigenvalue weighted by Gasteiger charge is 2.33. The van der Waals surface area contributed by atoms with Crippen molar-refractivity contribution in [2.24, 2.45) is 0 Å². The van der Waals surface area contributed by atoms with Gasteiger partial charge in [0, 0.05) is 36.0 Å². The molecule has 30 heavy (non-hydrogen) atoms. The Balaban J connectivity index is 1.76. The van der Waals surface area contributed by atoms with Gasteiger partial charge in [0.05, 0.1) is 18.1 Å². The largest absolute Gasteiger partial charge is 0.480 e. The van der Waals surface area contributed by atoms with E-state index in [4.69, 9.17) is 4.74 Å². The Bertz CT molecular complexity index is 930. The Morgan fingerprint density at radius 3 is 2.30 bits per heavy atom. The summed E-state index contributed by atoms with van der Waals surface area (Å²) >= 11 is 1.53. The Hall–Kier alpha value is -1.91. The van der Waals surface area contributed by atoms with E-state index in [0.717, 1.165) is 14.1 Å². The normalized spacial score (nSPS) is 16.5. The van der Waals surface area contributed by atoms with E-state index in [1.165, 1.54) is 30.8 Å². The van der Waals surface area contributed by atoms with Gasteiger partial charge in [0.2, 0.25) is 10.0 Å². The first-order valence-corrected chi connectivity index (χ1v) is 12.0. The van der Waals surface area contributed by atoms with Crippen LogP contribution in [-0.4, -0.2) is 74.1 Å². The molecule has 3 rings (SSSR count). The van der Waals surface area contributed by atoms with Gasteiger partial charge in [-0.3, -0.25) is 9.69 Å². The molecule has 1 saturated heterocycles. The van der Waals surface area contributed by atoms with Crippen LogP contribution in [0.3, 0.4) is 0 Å². The second-order valence-electron chi connectivity index (χ2n) is 6.97. The molecule has 1 N–H and O–H groups in total. The second-order valence-corrected chi connectivity index (χ2v) is 10.0. The first-order chi connectivity index (χ1) is 14.4. The number of carboxylic acids is 1. The fraction of sp³-hybridized carbons (Fsp3) is 0.381. The van der Waals surface area contributed by atoms with E-state index in [-0.39, 0.29) is 11.4 Å². The molecule has 1 heterocycles. The zero-order chi connectivity index (χ0) is 21.6. The molecule has 2 aromatic rings. The topological polar surface area (TPSA) is 87.2 Å². The van der Waals surface area contributed by atoms with Crippen molar-refractivity contribution in [3.8, 4) is 0 Å². The molecule has 0 amide bonds. The highest BCUT2D eigenvalue weighted by molar-refractivity contribution is 7.99. The SMILES string of the molecule is C[C@@H](C(=O)O)N(CCN1CCOCC1)S(=O)(=O)c1ccc(Sc2ccccc2)cc1. The maximum Gasteiger partial charge on any atom is 0.321 e. The Morgan fingerprint density at radius 2 is 1.70 bits per heavy atom. The molecular weight excluding hydrogens is 424 g/mol. The fourth-order valence-corrected chi connectivity index (χ4v) is 5.57. The number of morpholine rings is 1. The number of benzene rings is 2. The second kappa shape index (κ2) is 10.4. The van der Waals surface area contributed by atoms with Crippen molar-refractivity contribution in [1.82, 2.24) is 9.21 Å². The molecule has 0 spiro atoms. The van der Waals surface area contributed by atoms with Gasteiger partial charge in [-0.25, -0.2) is 8.42 Å². The highest BCUT2D eigenvalue weighted by Crippen LogP contribution is 2.29. The van der Waals surface area contributed by atoms with E-state index in [9.17, 15) is 18.3 Å². The van der Waals surface area contributed by atoms with Crippen LogP contribution in [0.15, 0.2) is 69.3 Å². The summed E-state index contributed by atoms with van der Waals surface area (Å²) in [7, 11) is -3.95. The van der Waals surface area contributed by atoms with Crippen LogP contribution < -0.4 is 0 Å². The summed E-state index contributed by atoms with van der Waals surface area (Å²) < 4.78 is 32.9. The Labute approximate surface area is 181 Å². The van der Waals surface area contributed by atoms with Gasteiger partial charge < -0.3 is 9.84 Å². The van der Waals surface area contributed by atoms with E-state index >= 15 is 0 Å². The van der Waals surface area contributed by atoms with E-state index < -0.39 is 22.0 Å². The molecule has 2 aromatic carbocycles. The Morgan fingerprint density at radius 1 is 1.10 bits per heavy atom. The zero-order valence-electron chi connectivity index (χ0n) is 16.8. The van der Waals surface area contributed by atoms with Crippen molar-refractivity contribution in [2.75, 3.05) is 39.4 Å². The summed E-state index contributed by atoms with van der Waals surface area (Å²) in [6.45, 7) is 4.59. The monoisotopic (exact) mass is 450 g/mol. The summed E-state index contributed by atoms with van der Waals surface area (Å²) in [6, 6.07) is 15.2. The molecule has 0 saturated carbocycles. The van der Waals surface area contributed by atoms with Gasteiger partial charge in [0.25, 0.3) is 0 Å². The van der Waals surface area contributed by atoms with E-state index in [2.05, 4.69) is 4.90 Å². The minimum Gasteiger partial charge on any atom is -0.480 e. The third-order valence-corrected chi connectivity index (χ3v) is 7.94. The molecule has 0 bridgehead atoms. The van der Waals surface area contributed by atoms with E-state index in [0.29, 0.717) is 32.8 Å². The molecule has 9 heteroatoms. The van der Waals surface area contributed by atoms with Gasteiger partial charge in [0.1, 0.15) is 6.04 Å². The standard InChI is InChI=1S/C21H26N2O5S2/c1-17(21(24)25)23(12-11-22-13-15-28-16-14-22)30(26,27)20-9-7-19(8-10-20)29-18-5-3-2-4-6-18/h2-10,17H,11-16H2,1H3,(H,24,25)/t17-/m0/s1. The fourth-order valence-electron chi connectivity index (χ4n) is 3.15. The van der Waals surface area contributed by atoms with Crippen LogP contribution in [0.2, 0.25) is 0 Å². The zero-order valence-corrected chi connectivity index (χ0v) is 18.4. The molecule has 1 atom stereocenters. The van der Waals surface area contributed by atoms with Gasteiger partial charge in [-0.1, -0.05) is 30.0 Å². The summed E-state index contributed by atoms with van der Waals surface area (Å²) in [5.74, 6) is -1.17. The summed E-state index contributed by atoms with van der Waals surface area (Å²) in [5, 5.41) is 9.46. The number of sulfonamides is 1. The van der Waals surface area contributed by atoms with Crippen molar-refractivity contribution in [3.05, 3.63) is 54.6 Å². The van der Waals surface area contributed by atoms with Crippen LogP contribution in [0.25, 0.3) is 0 Å². The van der Waals surface area contributed by atoms with Gasteiger partial charge in [-0.15, -0.1) is 0 Å². The number of carbonyl (C=O) groups is 1. The van der Waals surface area contributed by atoms with Crippen molar-refractivity contribution < 1.29 is 23.1 Å². The molecule has 0 aliphatic carbocycles. The van der Waals surface area contributed by atoms with E-state index in [1.54, 1.807) is 12.1 Å². The highest BCUT2D eigenvalue weighted by atomic mass is 32.2.